The molecule has 0 aromatic heterocycles. The van der Waals surface area contributed by atoms with Gasteiger partial charge in [-0.25, -0.2) is 13.1 Å². The zero-order valence-corrected chi connectivity index (χ0v) is 17.8. The number of nitrogens with zero attached hydrogens (tertiary/aromatic N) is 1. The molecule has 6 nitrogen and oxygen atoms in total. The number of ether oxygens (including phenoxy) is 2. The molecule has 1 heterocycles. The molecule has 0 spiro atoms. The fraction of sp³-hybridized carbons (Fsp3) is 0.455. The fourth-order valence-corrected chi connectivity index (χ4v) is 4.19. The van der Waals surface area contributed by atoms with Crippen molar-refractivity contribution >= 4 is 15.7 Å². The molecule has 158 valence electrons. The average Bonchev–Trinajstić information content (AvgIpc) is 2.75. The van der Waals surface area contributed by atoms with Gasteiger partial charge in [-0.1, -0.05) is 25.5 Å². The highest BCUT2D eigenvalue weighted by atomic mass is 32.2. The summed E-state index contributed by atoms with van der Waals surface area (Å²) in [5, 5.41) is 0. The Morgan fingerprint density at radius 3 is 2.38 bits per heavy atom. The summed E-state index contributed by atoms with van der Waals surface area (Å²) in [6.07, 6.45) is 2.68. The molecule has 0 atom stereocenters. The number of unbranched alkanes of at least 4 members (excludes halogenated alkanes) is 1. The van der Waals surface area contributed by atoms with Gasteiger partial charge < -0.3 is 14.4 Å². The second-order valence-corrected chi connectivity index (χ2v) is 8.85. The summed E-state index contributed by atoms with van der Waals surface area (Å²) in [6, 6.07) is 14.9. The summed E-state index contributed by atoms with van der Waals surface area (Å²) in [4.78, 5) is 2.55. The Labute approximate surface area is 173 Å². The van der Waals surface area contributed by atoms with E-state index in [9.17, 15) is 8.42 Å². The zero-order chi connectivity index (χ0) is 20.5. The van der Waals surface area contributed by atoms with Crippen LogP contribution in [-0.2, 0) is 21.2 Å². The number of nitrogens with one attached hydrogen (secondary N) is 1. The summed E-state index contributed by atoms with van der Waals surface area (Å²) in [7, 11) is -3.53. The van der Waals surface area contributed by atoms with Crippen LogP contribution in [0.2, 0.25) is 0 Å². The van der Waals surface area contributed by atoms with Crippen molar-refractivity contribution < 1.29 is 17.9 Å². The van der Waals surface area contributed by atoms with E-state index in [-0.39, 0.29) is 4.90 Å². The maximum absolute atomic E-state index is 12.5. The molecule has 2 aromatic rings. The largest absolute Gasteiger partial charge is 0.494 e. The van der Waals surface area contributed by atoms with Crippen LogP contribution in [0.25, 0.3) is 0 Å². The number of benzene rings is 2. The molecule has 7 heteroatoms. The molecule has 29 heavy (non-hydrogen) atoms. The second kappa shape index (κ2) is 10.6. The van der Waals surface area contributed by atoms with Crippen LogP contribution in [-0.4, -0.2) is 47.9 Å². The van der Waals surface area contributed by atoms with Gasteiger partial charge in [0.25, 0.3) is 0 Å². The normalized spacial score (nSPS) is 14.7. The van der Waals surface area contributed by atoms with Crippen LogP contribution in [0.5, 0.6) is 5.75 Å². The first-order valence-electron chi connectivity index (χ1n) is 10.2. The van der Waals surface area contributed by atoms with Gasteiger partial charge in [0.2, 0.25) is 10.0 Å². The minimum Gasteiger partial charge on any atom is -0.494 e. The highest BCUT2D eigenvalue weighted by Crippen LogP contribution is 2.18. The summed E-state index contributed by atoms with van der Waals surface area (Å²) in [5.41, 5.74) is 2.28. The average molecular weight is 419 g/mol. The molecular formula is C22H30N2O4S. The van der Waals surface area contributed by atoms with Gasteiger partial charge in [0.15, 0.2) is 0 Å². The van der Waals surface area contributed by atoms with E-state index in [4.69, 9.17) is 9.47 Å². The van der Waals surface area contributed by atoms with Gasteiger partial charge in [-0.3, -0.25) is 0 Å². The smallest absolute Gasteiger partial charge is 0.240 e. The van der Waals surface area contributed by atoms with Crippen molar-refractivity contribution in [3.63, 3.8) is 0 Å². The van der Waals surface area contributed by atoms with Crippen molar-refractivity contribution in [2.45, 2.75) is 31.1 Å². The lowest BCUT2D eigenvalue weighted by Gasteiger charge is -2.28. The van der Waals surface area contributed by atoms with E-state index in [2.05, 4.69) is 40.8 Å². The minimum atomic E-state index is -3.53. The molecule has 0 aliphatic carbocycles. The molecule has 3 rings (SSSR count). The predicted molar refractivity (Wildman–Crippen MR) is 115 cm³/mol. The molecule has 1 aliphatic rings. The third kappa shape index (κ3) is 6.45. The van der Waals surface area contributed by atoms with E-state index in [0.717, 1.165) is 44.7 Å². The maximum Gasteiger partial charge on any atom is 0.240 e. The standard InChI is InChI=1S/C22H30N2O4S/c1-2-3-16-28-21-8-10-22(11-9-21)29(25,26)23-13-12-19-4-6-20(7-5-19)24-14-17-27-18-15-24/h4-11,23H,2-3,12-18H2,1H3. The van der Waals surface area contributed by atoms with Gasteiger partial charge >= 0.3 is 0 Å². The van der Waals surface area contributed by atoms with Gasteiger partial charge in [-0.15, -0.1) is 0 Å². The van der Waals surface area contributed by atoms with Gasteiger partial charge in [0.05, 0.1) is 24.7 Å². The van der Waals surface area contributed by atoms with Crippen LogP contribution in [0, 0.1) is 0 Å². The number of sulfonamides is 1. The van der Waals surface area contributed by atoms with Gasteiger partial charge in [0.1, 0.15) is 5.75 Å². The summed E-state index contributed by atoms with van der Waals surface area (Å²) in [5.74, 6) is 0.692. The molecule has 0 bridgehead atoms. The molecule has 1 saturated heterocycles. The number of hydrogen-bond acceptors (Lipinski definition) is 5. The number of anilines is 1. The fourth-order valence-electron chi connectivity index (χ4n) is 3.16. The predicted octanol–water partition coefficient (Wildman–Crippen LogP) is 3.22. The van der Waals surface area contributed by atoms with Gasteiger partial charge in [-0.05, 0) is 54.8 Å². The Balaban J connectivity index is 1.48. The van der Waals surface area contributed by atoms with E-state index >= 15 is 0 Å². The number of rotatable bonds is 10. The maximum atomic E-state index is 12.5. The Bertz CT molecular complexity index is 845. The monoisotopic (exact) mass is 418 g/mol. The third-order valence-corrected chi connectivity index (χ3v) is 6.40. The molecule has 0 unspecified atom stereocenters. The highest BCUT2D eigenvalue weighted by Gasteiger charge is 2.14. The number of morpholine rings is 1. The molecule has 1 N–H and O–H groups in total. The molecule has 0 saturated carbocycles. The highest BCUT2D eigenvalue weighted by molar-refractivity contribution is 7.89. The molecule has 0 radical (unpaired) electrons. The van der Waals surface area contributed by atoms with Gasteiger partial charge in [-0.2, -0.15) is 0 Å². The van der Waals surface area contributed by atoms with Crippen molar-refractivity contribution in [1.29, 1.82) is 0 Å². The van der Waals surface area contributed by atoms with Crippen molar-refractivity contribution in [2.75, 3.05) is 44.4 Å². The van der Waals surface area contributed by atoms with Gasteiger partial charge in [0, 0.05) is 25.3 Å². The van der Waals surface area contributed by atoms with E-state index in [0.29, 0.717) is 25.3 Å². The quantitative estimate of drug-likeness (QED) is 0.600. The van der Waals surface area contributed by atoms with Crippen LogP contribution in [0.15, 0.2) is 53.4 Å². The third-order valence-electron chi connectivity index (χ3n) is 4.92. The Kier molecular flexibility index (Phi) is 7.91. The van der Waals surface area contributed by atoms with Crippen LogP contribution in [0.4, 0.5) is 5.69 Å². The first-order chi connectivity index (χ1) is 14.1. The lowest BCUT2D eigenvalue weighted by Crippen LogP contribution is -2.36. The van der Waals surface area contributed by atoms with Crippen molar-refractivity contribution in [2.24, 2.45) is 0 Å². The molecule has 0 amide bonds. The van der Waals surface area contributed by atoms with Crippen molar-refractivity contribution in [1.82, 2.24) is 4.72 Å². The van der Waals surface area contributed by atoms with E-state index in [1.807, 2.05) is 0 Å². The van der Waals surface area contributed by atoms with Crippen LogP contribution in [0.1, 0.15) is 25.3 Å². The first-order valence-corrected chi connectivity index (χ1v) is 11.7. The molecule has 1 fully saturated rings. The lowest BCUT2D eigenvalue weighted by atomic mass is 10.1. The van der Waals surface area contributed by atoms with E-state index in [1.165, 1.54) is 5.69 Å². The first kappa shape index (κ1) is 21.6. The summed E-state index contributed by atoms with van der Waals surface area (Å²) >= 11 is 0. The molecular weight excluding hydrogens is 388 g/mol. The van der Waals surface area contributed by atoms with Crippen LogP contribution >= 0.6 is 0 Å². The van der Waals surface area contributed by atoms with Crippen LogP contribution < -0.4 is 14.4 Å². The van der Waals surface area contributed by atoms with E-state index < -0.39 is 10.0 Å². The van der Waals surface area contributed by atoms with Crippen LogP contribution in [0.3, 0.4) is 0 Å². The Morgan fingerprint density at radius 2 is 1.72 bits per heavy atom. The molecule has 1 aliphatic heterocycles. The summed E-state index contributed by atoms with van der Waals surface area (Å²) < 4.78 is 38.6. The SMILES string of the molecule is CCCCOc1ccc(S(=O)(=O)NCCc2ccc(N3CCOCC3)cc2)cc1. The zero-order valence-electron chi connectivity index (χ0n) is 17.0. The van der Waals surface area contributed by atoms with E-state index in [1.54, 1.807) is 24.3 Å². The van der Waals surface area contributed by atoms with Crippen molar-refractivity contribution in [3.8, 4) is 5.75 Å². The number of hydrogen-bond donors (Lipinski definition) is 1. The lowest BCUT2D eigenvalue weighted by molar-refractivity contribution is 0.122. The molecule has 2 aromatic carbocycles. The van der Waals surface area contributed by atoms with Crippen molar-refractivity contribution in [3.05, 3.63) is 54.1 Å². The topological polar surface area (TPSA) is 67.9 Å². The second-order valence-electron chi connectivity index (χ2n) is 7.09. The minimum absolute atomic E-state index is 0.253. The Hall–Kier alpha value is -2.09. The Morgan fingerprint density at radius 1 is 1.03 bits per heavy atom. The summed E-state index contributed by atoms with van der Waals surface area (Å²) in [6.45, 7) is 6.43.